The average Bonchev–Trinajstić information content (AvgIpc) is 2.91. The van der Waals surface area contributed by atoms with Crippen molar-refractivity contribution >= 4 is 46.2 Å². The zero-order valence-corrected chi connectivity index (χ0v) is 15.3. The summed E-state index contributed by atoms with van der Waals surface area (Å²) in [7, 11) is 0. The molecule has 2 N–H and O–H groups in total. The summed E-state index contributed by atoms with van der Waals surface area (Å²) < 4.78 is 10.6. The number of fused-ring (bicyclic) bond motifs is 1. The number of rotatable bonds is 5. The molecule has 0 unspecified atom stereocenters. The van der Waals surface area contributed by atoms with E-state index in [4.69, 9.17) is 26.5 Å². The predicted octanol–water partition coefficient (Wildman–Crippen LogP) is 4.24. The number of ether oxygens (including phenoxy) is 1. The van der Waals surface area contributed by atoms with Gasteiger partial charge in [0.05, 0.1) is 22.8 Å². The van der Waals surface area contributed by atoms with E-state index in [1.165, 1.54) is 11.8 Å². The first-order valence-electron chi connectivity index (χ1n) is 7.61. The Morgan fingerprint density at radius 3 is 2.84 bits per heavy atom. The number of benzene rings is 1. The average molecular weight is 378 g/mol. The second-order valence-electron chi connectivity index (χ2n) is 5.18. The lowest BCUT2D eigenvalue weighted by Gasteiger charge is -2.05. The maximum Gasteiger partial charge on any atom is 0.342 e. The predicted molar refractivity (Wildman–Crippen MR) is 97.9 cm³/mol. The molecular weight excluding hydrogens is 362 g/mol. The maximum absolute atomic E-state index is 12.1. The molecule has 0 aliphatic rings. The summed E-state index contributed by atoms with van der Waals surface area (Å²) in [6.07, 6.45) is 0. The van der Waals surface area contributed by atoms with Gasteiger partial charge < -0.3 is 14.9 Å². The van der Waals surface area contributed by atoms with Gasteiger partial charge in [-0.05, 0) is 26.0 Å². The highest BCUT2D eigenvalue weighted by Gasteiger charge is 2.23. The van der Waals surface area contributed by atoms with Gasteiger partial charge in [0.1, 0.15) is 23.0 Å². The molecule has 8 heteroatoms. The van der Waals surface area contributed by atoms with Crippen LogP contribution in [0.5, 0.6) is 0 Å². The van der Waals surface area contributed by atoms with Gasteiger partial charge >= 0.3 is 5.97 Å². The number of thioether (sulfide) groups is 1. The van der Waals surface area contributed by atoms with E-state index in [0.717, 1.165) is 4.90 Å². The summed E-state index contributed by atoms with van der Waals surface area (Å²) >= 11 is 7.65. The molecule has 6 nitrogen and oxygen atoms in total. The number of furan rings is 1. The van der Waals surface area contributed by atoms with Gasteiger partial charge in [-0.1, -0.05) is 23.7 Å². The lowest BCUT2D eigenvalue weighted by atomic mass is 10.2. The van der Waals surface area contributed by atoms with Gasteiger partial charge in [-0.2, -0.15) is 4.98 Å². The van der Waals surface area contributed by atoms with E-state index in [9.17, 15) is 4.79 Å². The first-order chi connectivity index (χ1) is 12.0. The molecule has 3 aromatic rings. The van der Waals surface area contributed by atoms with Crippen LogP contribution >= 0.6 is 23.4 Å². The molecule has 3 rings (SSSR count). The van der Waals surface area contributed by atoms with Crippen molar-refractivity contribution in [3.05, 3.63) is 46.4 Å². The van der Waals surface area contributed by atoms with Gasteiger partial charge in [0, 0.05) is 4.90 Å². The molecule has 0 fully saturated rings. The molecule has 0 aliphatic heterocycles. The number of aryl methyl sites for hydroxylation is 1. The van der Waals surface area contributed by atoms with Crippen molar-refractivity contribution in [1.82, 2.24) is 9.97 Å². The fourth-order valence-corrected chi connectivity index (χ4v) is 3.50. The van der Waals surface area contributed by atoms with Crippen LogP contribution < -0.4 is 5.73 Å². The number of carbonyl (C=O) groups is 1. The minimum Gasteiger partial charge on any atom is -0.462 e. The van der Waals surface area contributed by atoms with Gasteiger partial charge in [-0.15, -0.1) is 11.8 Å². The second kappa shape index (κ2) is 7.33. The minimum absolute atomic E-state index is 0.194. The summed E-state index contributed by atoms with van der Waals surface area (Å²) in [6, 6.07) is 7.53. The zero-order valence-electron chi connectivity index (χ0n) is 13.7. The highest BCUT2D eigenvalue weighted by atomic mass is 35.5. The molecule has 0 saturated heterocycles. The molecule has 0 aliphatic carbocycles. The highest BCUT2D eigenvalue weighted by Crippen LogP contribution is 2.32. The van der Waals surface area contributed by atoms with Crippen molar-refractivity contribution < 1.29 is 13.9 Å². The third-order valence-corrected chi connectivity index (χ3v) is 4.99. The molecule has 1 aromatic carbocycles. The van der Waals surface area contributed by atoms with Crippen LogP contribution in [0.15, 0.2) is 33.6 Å². The quantitative estimate of drug-likeness (QED) is 0.525. The van der Waals surface area contributed by atoms with E-state index in [2.05, 4.69) is 9.97 Å². The topological polar surface area (TPSA) is 91.2 Å². The van der Waals surface area contributed by atoms with Crippen LogP contribution in [0.2, 0.25) is 5.02 Å². The van der Waals surface area contributed by atoms with E-state index >= 15 is 0 Å². The van der Waals surface area contributed by atoms with Gasteiger partial charge in [0.25, 0.3) is 0 Å². The van der Waals surface area contributed by atoms with Gasteiger partial charge in [0.15, 0.2) is 0 Å². The molecule has 0 atom stereocenters. The lowest BCUT2D eigenvalue weighted by molar-refractivity contribution is 0.0526. The molecule has 0 saturated carbocycles. The Bertz CT molecular complexity index is 942. The summed E-state index contributed by atoms with van der Waals surface area (Å²) in [5.41, 5.74) is 6.61. The Morgan fingerprint density at radius 1 is 1.36 bits per heavy atom. The largest absolute Gasteiger partial charge is 0.462 e. The number of nitrogen functional groups attached to an aromatic ring is 1. The molecule has 0 radical (unpaired) electrons. The Hall–Kier alpha value is -2.25. The summed E-state index contributed by atoms with van der Waals surface area (Å²) in [5, 5.41) is 1.06. The van der Waals surface area contributed by atoms with Crippen LogP contribution in [-0.2, 0) is 10.5 Å². The molecule has 2 heterocycles. The fourth-order valence-electron chi connectivity index (χ4n) is 2.40. The number of hydrogen-bond donors (Lipinski definition) is 1. The van der Waals surface area contributed by atoms with Crippen LogP contribution in [0.25, 0.3) is 11.1 Å². The maximum atomic E-state index is 12.1. The highest BCUT2D eigenvalue weighted by molar-refractivity contribution is 7.98. The van der Waals surface area contributed by atoms with Gasteiger partial charge in [-0.3, -0.25) is 0 Å². The van der Waals surface area contributed by atoms with Crippen molar-refractivity contribution in [2.45, 2.75) is 24.5 Å². The summed E-state index contributed by atoms with van der Waals surface area (Å²) in [5.74, 6) is 1.08. The number of aromatic nitrogens is 2. The molecule has 2 aromatic heterocycles. The van der Waals surface area contributed by atoms with Crippen molar-refractivity contribution in [2.24, 2.45) is 0 Å². The van der Waals surface area contributed by atoms with Gasteiger partial charge in [-0.25, -0.2) is 9.78 Å². The van der Waals surface area contributed by atoms with Crippen molar-refractivity contribution in [3.63, 3.8) is 0 Å². The minimum atomic E-state index is -0.493. The third-order valence-electron chi connectivity index (χ3n) is 3.47. The summed E-state index contributed by atoms with van der Waals surface area (Å²) in [6.45, 7) is 3.67. The van der Waals surface area contributed by atoms with E-state index in [1.54, 1.807) is 13.8 Å². The molecule has 0 amide bonds. The number of anilines is 1. The molecule has 0 bridgehead atoms. The molecular formula is C17H16ClN3O3S. The Kier molecular flexibility index (Phi) is 5.15. The smallest absolute Gasteiger partial charge is 0.342 e. The van der Waals surface area contributed by atoms with Crippen LogP contribution in [0.1, 0.15) is 28.9 Å². The zero-order chi connectivity index (χ0) is 18.0. The second-order valence-corrected chi connectivity index (χ2v) is 6.60. The first kappa shape index (κ1) is 17.6. The number of halogens is 1. The van der Waals surface area contributed by atoms with E-state index in [0.29, 0.717) is 27.7 Å². The normalized spacial score (nSPS) is 11.0. The number of nitrogens with two attached hydrogens (primary N) is 1. The van der Waals surface area contributed by atoms with Crippen molar-refractivity contribution in [2.75, 3.05) is 12.3 Å². The van der Waals surface area contributed by atoms with E-state index in [1.807, 2.05) is 24.3 Å². The van der Waals surface area contributed by atoms with Crippen LogP contribution in [0, 0.1) is 6.92 Å². The summed E-state index contributed by atoms with van der Waals surface area (Å²) in [4.78, 5) is 21.7. The standard InChI is InChI=1S/C17H16ClN3O3S/c1-3-23-17(22)13-9(2)24-16-14(13)15(19)20-12(21-16)8-25-11-7-5-4-6-10(11)18/h4-7H,3,8H2,1-2H3,(H2,19,20,21). The van der Waals surface area contributed by atoms with E-state index < -0.39 is 5.97 Å². The Morgan fingerprint density at radius 2 is 2.12 bits per heavy atom. The molecule has 130 valence electrons. The SMILES string of the molecule is CCOC(=O)c1c(C)oc2nc(CSc3ccccc3Cl)nc(N)c12. The fraction of sp³-hybridized carbons (Fsp3) is 0.235. The molecule has 25 heavy (non-hydrogen) atoms. The lowest BCUT2D eigenvalue weighted by Crippen LogP contribution is -2.07. The number of carbonyl (C=O) groups excluding carboxylic acids is 1. The van der Waals surface area contributed by atoms with Crippen LogP contribution in [0.4, 0.5) is 5.82 Å². The van der Waals surface area contributed by atoms with Crippen molar-refractivity contribution in [1.29, 1.82) is 0 Å². The monoisotopic (exact) mass is 377 g/mol. The number of hydrogen-bond acceptors (Lipinski definition) is 7. The number of esters is 1. The Labute approximate surface area is 153 Å². The molecule has 0 spiro atoms. The van der Waals surface area contributed by atoms with Crippen molar-refractivity contribution in [3.8, 4) is 0 Å². The first-order valence-corrected chi connectivity index (χ1v) is 8.97. The van der Waals surface area contributed by atoms with Crippen LogP contribution in [-0.4, -0.2) is 22.5 Å². The third kappa shape index (κ3) is 3.57. The van der Waals surface area contributed by atoms with E-state index in [-0.39, 0.29) is 23.7 Å². The Balaban J connectivity index is 1.92. The van der Waals surface area contributed by atoms with Gasteiger partial charge in [0.2, 0.25) is 5.71 Å². The van der Waals surface area contributed by atoms with Crippen LogP contribution in [0.3, 0.4) is 0 Å². The number of nitrogens with zero attached hydrogens (tertiary/aromatic N) is 2.